The smallest absolute Gasteiger partial charge is 0.315 e. The number of nitrogen functional groups attached to an aromatic ring is 1. The monoisotopic (exact) mass is 255 g/mol. The minimum Gasteiger partial charge on any atom is -0.481 e. The first-order chi connectivity index (χ1) is 9.11. The van der Waals surface area contributed by atoms with Gasteiger partial charge in [0.05, 0.1) is 0 Å². The average Bonchev–Trinajstić information content (AvgIpc) is 2.42. The summed E-state index contributed by atoms with van der Waals surface area (Å²) in [5.41, 5.74) is 8.99. The summed E-state index contributed by atoms with van der Waals surface area (Å²) in [5, 5.41) is 9.44. The maximum absolute atomic E-state index is 11.5. The van der Waals surface area contributed by atoms with Crippen molar-refractivity contribution in [3.8, 4) is 0 Å². The summed E-state index contributed by atoms with van der Waals surface area (Å²) in [7, 11) is 0. The van der Waals surface area contributed by atoms with Crippen molar-refractivity contribution in [3.05, 3.63) is 65.2 Å². The molecule has 0 aliphatic rings. The number of hydrogen-bond donors (Lipinski definition) is 2. The van der Waals surface area contributed by atoms with Crippen molar-refractivity contribution in [3.63, 3.8) is 0 Å². The van der Waals surface area contributed by atoms with Gasteiger partial charge in [0.2, 0.25) is 0 Å². The molecule has 0 aliphatic heterocycles. The summed E-state index contributed by atoms with van der Waals surface area (Å²) in [6.45, 7) is 2.07. The quantitative estimate of drug-likeness (QED) is 0.825. The van der Waals surface area contributed by atoms with Crippen LogP contribution in [0.5, 0.6) is 0 Å². The van der Waals surface area contributed by atoms with E-state index in [0.29, 0.717) is 5.69 Å². The van der Waals surface area contributed by atoms with Gasteiger partial charge in [0, 0.05) is 5.69 Å². The molecule has 2 rings (SSSR count). The lowest BCUT2D eigenvalue weighted by Gasteiger charge is -2.14. The van der Waals surface area contributed by atoms with Crippen molar-refractivity contribution in [2.45, 2.75) is 19.3 Å². The van der Waals surface area contributed by atoms with Gasteiger partial charge in [-0.3, -0.25) is 4.79 Å². The van der Waals surface area contributed by atoms with E-state index >= 15 is 0 Å². The van der Waals surface area contributed by atoms with E-state index in [1.165, 1.54) is 5.56 Å². The van der Waals surface area contributed by atoms with Crippen molar-refractivity contribution >= 4 is 11.7 Å². The number of aryl methyl sites for hydroxylation is 1. The zero-order valence-corrected chi connectivity index (χ0v) is 10.8. The van der Waals surface area contributed by atoms with Gasteiger partial charge in [-0.25, -0.2) is 0 Å². The fourth-order valence-electron chi connectivity index (χ4n) is 2.11. The first kappa shape index (κ1) is 13.1. The molecule has 0 radical (unpaired) electrons. The highest BCUT2D eigenvalue weighted by atomic mass is 16.4. The highest BCUT2D eigenvalue weighted by Crippen LogP contribution is 2.26. The first-order valence-electron chi connectivity index (χ1n) is 6.29. The third-order valence-electron chi connectivity index (χ3n) is 3.24. The van der Waals surface area contributed by atoms with Gasteiger partial charge >= 0.3 is 5.97 Å². The fraction of sp³-hybridized carbons (Fsp3) is 0.188. The Balaban J connectivity index is 2.39. The Morgan fingerprint density at radius 2 is 1.53 bits per heavy atom. The molecule has 0 bridgehead atoms. The summed E-state index contributed by atoms with van der Waals surface area (Å²) in [4.78, 5) is 11.5. The maximum atomic E-state index is 11.5. The molecule has 3 N–H and O–H groups in total. The van der Waals surface area contributed by atoms with E-state index < -0.39 is 11.9 Å². The lowest BCUT2D eigenvalue weighted by molar-refractivity contribution is -0.137. The van der Waals surface area contributed by atoms with Crippen LogP contribution in [0.1, 0.15) is 29.5 Å². The largest absolute Gasteiger partial charge is 0.481 e. The van der Waals surface area contributed by atoms with E-state index in [1.54, 1.807) is 24.3 Å². The number of aliphatic carboxylic acids is 1. The predicted octanol–water partition coefficient (Wildman–Crippen LogP) is 3.05. The van der Waals surface area contributed by atoms with E-state index in [1.807, 2.05) is 24.3 Å². The van der Waals surface area contributed by atoms with Crippen molar-refractivity contribution < 1.29 is 9.90 Å². The van der Waals surface area contributed by atoms with Crippen LogP contribution < -0.4 is 5.73 Å². The maximum Gasteiger partial charge on any atom is 0.315 e. The molecule has 2 aromatic rings. The number of carbonyl (C=O) groups is 1. The molecule has 2 aromatic carbocycles. The number of nitrogens with two attached hydrogens (primary N) is 1. The molecule has 1 unspecified atom stereocenters. The average molecular weight is 255 g/mol. The highest BCUT2D eigenvalue weighted by molar-refractivity contribution is 5.80. The molecule has 98 valence electrons. The van der Waals surface area contributed by atoms with Crippen LogP contribution in [0.15, 0.2) is 48.5 Å². The Kier molecular flexibility index (Phi) is 3.85. The van der Waals surface area contributed by atoms with Gasteiger partial charge in [0.15, 0.2) is 0 Å². The summed E-state index contributed by atoms with van der Waals surface area (Å²) in [6, 6.07) is 14.7. The van der Waals surface area contributed by atoms with Crippen LogP contribution in [0.25, 0.3) is 0 Å². The van der Waals surface area contributed by atoms with Gasteiger partial charge in [-0.2, -0.15) is 0 Å². The van der Waals surface area contributed by atoms with Gasteiger partial charge in [-0.15, -0.1) is 0 Å². The first-order valence-corrected chi connectivity index (χ1v) is 6.29. The van der Waals surface area contributed by atoms with Gasteiger partial charge in [-0.05, 0) is 35.2 Å². The molecule has 19 heavy (non-hydrogen) atoms. The van der Waals surface area contributed by atoms with Crippen LogP contribution in [0.2, 0.25) is 0 Å². The molecule has 0 heterocycles. The van der Waals surface area contributed by atoms with Gasteiger partial charge < -0.3 is 10.8 Å². The molecule has 0 spiro atoms. The lowest BCUT2D eigenvalue weighted by Crippen LogP contribution is -2.13. The number of hydrogen-bond acceptors (Lipinski definition) is 2. The SMILES string of the molecule is CCc1ccc(C(C(=O)O)c2ccc(N)cc2)cc1. The van der Waals surface area contributed by atoms with E-state index in [9.17, 15) is 9.90 Å². The highest BCUT2D eigenvalue weighted by Gasteiger charge is 2.21. The Morgan fingerprint density at radius 1 is 1.05 bits per heavy atom. The fourth-order valence-corrected chi connectivity index (χ4v) is 2.11. The zero-order valence-electron chi connectivity index (χ0n) is 10.8. The second-order valence-corrected chi connectivity index (χ2v) is 4.53. The molecule has 0 saturated heterocycles. The molecule has 1 atom stereocenters. The molecule has 3 heteroatoms. The second kappa shape index (κ2) is 5.57. The van der Waals surface area contributed by atoms with Crippen LogP contribution in [0.3, 0.4) is 0 Å². The Morgan fingerprint density at radius 3 is 1.95 bits per heavy atom. The Hall–Kier alpha value is -2.29. The third-order valence-corrected chi connectivity index (χ3v) is 3.24. The Bertz CT molecular complexity index is 558. The van der Waals surface area contributed by atoms with Gasteiger partial charge in [0.25, 0.3) is 0 Å². The number of anilines is 1. The van der Waals surface area contributed by atoms with Crippen LogP contribution in [-0.4, -0.2) is 11.1 Å². The summed E-state index contributed by atoms with van der Waals surface area (Å²) in [6.07, 6.45) is 0.944. The minimum atomic E-state index is -0.853. The normalized spacial score (nSPS) is 12.1. The van der Waals surface area contributed by atoms with E-state index in [0.717, 1.165) is 17.5 Å². The van der Waals surface area contributed by atoms with Crippen LogP contribution in [0, 0.1) is 0 Å². The van der Waals surface area contributed by atoms with Crippen LogP contribution in [-0.2, 0) is 11.2 Å². The number of carboxylic acid groups (broad SMARTS) is 1. The van der Waals surface area contributed by atoms with E-state index in [2.05, 4.69) is 6.92 Å². The van der Waals surface area contributed by atoms with Crippen molar-refractivity contribution in [1.29, 1.82) is 0 Å². The van der Waals surface area contributed by atoms with Crippen molar-refractivity contribution in [2.24, 2.45) is 0 Å². The van der Waals surface area contributed by atoms with E-state index in [-0.39, 0.29) is 0 Å². The zero-order chi connectivity index (χ0) is 13.8. The summed E-state index contributed by atoms with van der Waals surface area (Å²) < 4.78 is 0. The third kappa shape index (κ3) is 2.94. The van der Waals surface area contributed by atoms with Crippen molar-refractivity contribution in [1.82, 2.24) is 0 Å². The molecule has 0 aromatic heterocycles. The van der Waals surface area contributed by atoms with Gasteiger partial charge in [-0.1, -0.05) is 43.3 Å². The second-order valence-electron chi connectivity index (χ2n) is 4.53. The molecule has 0 aliphatic carbocycles. The molecular weight excluding hydrogens is 238 g/mol. The standard InChI is InChI=1S/C16H17NO2/c1-2-11-3-5-12(6-4-11)15(16(18)19)13-7-9-14(17)10-8-13/h3-10,15H,2,17H2,1H3,(H,18,19). The topological polar surface area (TPSA) is 63.3 Å². The molecule has 0 saturated carbocycles. The van der Waals surface area contributed by atoms with Crippen LogP contribution >= 0.6 is 0 Å². The summed E-state index contributed by atoms with van der Waals surface area (Å²) in [5.74, 6) is -1.50. The number of carboxylic acids is 1. The number of benzene rings is 2. The number of rotatable bonds is 4. The Labute approximate surface area is 112 Å². The van der Waals surface area contributed by atoms with Gasteiger partial charge in [0.1, 0.15) is 5.92 Å². The van der Waals surface area contributed by atoms with E-state index in [4.69, 9.17) is 5.73 Å². The molecule has 3 nitrogen and oxygen atoms in total. The lowest BCUT2D eigenvalue weighted by atomic mass is 9.90. The van der Waals surface area contributed by atoms with Crippen LogP contribution in [0.4, 0.5) is 5.69 Å². The molecule has 0 amide bonds. The molecular formula is C16H17NO2. The van der Waals surface area contributed by atoms with Crippen molar-refractivity contribution in [2.75, 3.05) is 5.73 Å². The molecule has 0 fully saturated rings. The minimum absolute atomic E-state index is 0.634. The summed E-state index contributed by atoms with van der Waals surface area (Å²) >= 11 is 0. The predicted molar refractivity (Wildman–Crippen MR) is 76.2 cm³/mol.